The molecule has 1 heterocycles. The van der Waals surface area contributed by atoms with Crippen molar-refractivity contribution in [2.24, 2.45) is 5.73 Å². The highest BCUT2D eigenvalue weighted by Crippen LogP contribution is 2.24. The lowest BCUT2D eigenvalue weighted by molar-refractivity contribution is -0.116. The zero-order chi connectivity index (χ0) is 16.1. The summed E-state index contributed by atoms with van der Waals surface area (Å²) in [6.07, 6.45) is -0.0640. The van der Waals surface area contributed by atoms with Crippen LogP contribution in [-0.4, -0.2) is 11.9 Å². The van der Waals surface area contributed by atoms with Gasteiger partial charge >= 0.3 is 6.03 Å². The van der Waals surface area contributed by atoms with Gasteiger partial charge in [-0.05, 0) is 29.6 Å². The standard InChI is InChI=1S/C14H13ClFN3O2S/c15-8-3-4-10(9(16)6-8)18-13(20)7-11(19-14(17)21)12-2-1-5-22-12/h1-6,11H,7H2,(H,18,20)(H3,17,19,21). The molecule has 1 unspecified atom stereocenters. The van der Waals surface area contributed by atoms with E-state index in [1.807, 2.05) is 5.38 Å². The largest absolute Gasteiger partial charge is 0.352 e. The normalized spacial score (nSPS) is 11.7. The lowest BCUT2D eigenvalue weighted by Crippen LogP contribution is -2.34. The minimum absolute atomic E-state index is 0.0263. The first kappa shape index (κ1) is 16.3. The topological polar surface area (TPSA) is 84.2 Å². The number of primary amides is 1. The van der Waals surface area contributed by atoms with Crippen molar-refractivity contribution in [3.63, 3.8) is 0 Å². The molecule has 8 heteroatoms. The van der Waals surface area contributed by atoms with Gasteiger partial charge in [-0.25, -0.2) is 9.18 Å². The number of carbonyl (C=O) groups is 2. The molecule has 0 aliphatic carbocycles. The summed E-state index contributed by atoms with van der Waals surface area (Å²) in [5.41, 5.74) is 5.14. The van der Waals surface area contributed by atoms with Gasteiger partial charge in [-0.2, -0.15) is 0 Å². The number of thiophene rings is 1. The van der Waals surface area contributed by atoms with E-state index in [1.54, 1.807) is 12.1 Å². The van der Waals surface area contributed by atoms with E-state index < -0.39 is 23.8 Å². The zero-order valence-electron chi connectivity index (χ0n) is 11.3. The van der Waals surface area contributed by atoms with Crippen molar-refractivity contribution in [3.8, 4) is 0 Å². The monoisotopic (exact) mass is 341 g/mol. The number of hydrogen-bond acceptors (Lipinski definition) is 3. The van der Waals surface area contributed by atoms with Gasteiger partial charge in [0, 0.05) is 9.90 Å². The molecule has 4 N–H and O–H groups in total. The number of hydrogen-bond donors (Lipinski definition) is 3. The summed E-state index contributed by atoms with van der Waals surface area (Å²) >= 11 is 7.03. The van der Waals surface area contributed by atoms with E-state index in [0.717, 1.165) is 10.9 Å². The summed E-state index contributed by atoms with van der Waals surface area (Å²) in [7, 11) is 0. The van der Waals surface area contributed by atoms with Crippen LogP contribution in [0.1, 0.15) is 17.3 Å². The van der Waals surface area contributed by atoms with Crippen LogP contribution in [-0.2, 0) is 4.79 Å². The van der Waals surface area contributed by atoms with E-state index in [9.17, 15) is 14.0 Å². The van der Waals surface area contributed by atoms with Crippen LogP contribution in [0.4, 0.5) is 14.9 Å². The number of benzene rings is 1. The van der Waals surface area contributed by atoms with Crippen molar-refractivity contribution in [1.82, 2.24) is 5.32 Å². The Labute approximate surface area is 135 Å². The maximum atomic E-state index is 13.6. The highest BCUT2D eigenvalue weighted by molar-refractivity contribution is 7.10. The van der Waals surface area contributed by atoms with Crippen molar-refractivity contribution >= 4 is 40.6 Å². The van der Waals surface area contributed by atoms with Gasteiger partial charge in [0.25, 0.3) is 0 Å². The number of anilines is 1. The number of carbonyl (C=O) groups excluding carboxylic acids is 2. The molecule has 2 aromatic rings. The van der Waals surface area contributed by atoms with E-state index >= 15 is 0 Å². The second kappa shape index (κ2) is 7.24. The Balaban J connectivity index is 2.06. The summed E-state index contributed by atoms with van der Waals surface area (Å²) in [5.74, 6) is -1.08. The summed E-state index contributed by atoms with van der Waals surface area (Å²) < 4.78 is 13.6. The molecule has 1 aromatic heterocycles. The van der Waals surface area contributed by atoms with E-state index in [0.29, 0.717) is 0 Å². The van der Waals surface area contributed by atoms with E-state index in [1.165, 1.54) is 23.5 Å². The van der Waals surface area contributed by atoms with E-state index in [4.69, 9.17) is 17.3 Å². The molecular formula is C14H13ClFN3O2S. The lowest BCUT2D eigenvalue weighted by Gasteiger charge is -2.16. The predicted molar refractivity (Wildman–Crippen MR) is 84.4 cm³/mol. The quantitative estimate of drug-likeness (QED) is 0.779. The number of nitrogens with one attached hydrogen (secondary N) is 2. The molecule has 2 rings (SSSR count). The average Bonchev–Trinajstić information content (AvgIpc) is 2.95. The van der Waals surface area contributed by atoms with Crippen LogP contribution in [0.25, 0.3) is 0 Å². The third-order valence-corrected chi connectivity index (χ3v) is 4.02. The smallest absolute Gasteiger partial charge is 0.312 e. The van der Waals surface area contributed by atoms with Gasteiger partial charge in [-0.15, -0.1) is 11.3 Å². The molecule has 5 nitrogen and oxygen atoms in total. The Morgan fingerprint density at radius 1 is 1.36 bits per heavy atom. The molecule has 0 aliphatic rings. The molecule has 0 radical (unpaired) electrons. The number of nitrogens with two attached hydrogens (primary N) is 1. The maximum Gasteiger partial charge on any atom is 0.312 e. The van der Waals surface area contributed by atoms with Crippen molar-refractivity contribution < 1.29 is 14.0 Å². The van der Waals surface area contributed by atoms with Crippen molar-refractivity contribution in [3.05, 3.63) is 51.4 Å². The second-order valence-corrected chi connectivity index (χ2v) is 5.87. The third-order valence-electron chi connectivity index (χ3n) is 2.80. The average molecular weight is 342 g/mol. The Hall–Kier alpha value is -2.12. The Morgan fingerprint density at radius 2 is 2.14 bits per heavy atom. The van der Waals surface area contributed by atoms with Gasteiger partial charge in [0.2, 0.25) is 5.91 Å². The fourth-order valence-corrected chi connectivity index (χ4v) is 2.80. The molecule has 0 saturated carbocycles. The van der Waals surface area contributed by atoms with Crippen LogP contribution in [0.15, 0.2) is 35.7 Å². The van der Waals surface area contributed by atoms with Crippen molar-refractivity contribution in [2.45, 2.75) is 12.5 Å². The van der Waals surface area contributed by atoms with Gasteiger partial charge in [0.05, 0.1) is 18.2 Å². The fraction of sp³-hybridized carbons (Fsp3) is 0.143. The molecule has 3 amide bonds. The molecular weight excluding hydrogens is 329 g/mol. The number of amides is 3. The predicted octanol–water partition coefficient (Wildman–Crippen LogP) is 3.28. The molecule has 0 fully saturated rings. The first-order chi connectivity index (χ1) is 10.5. The highest BCUT2D eigenvalue weighted by atomic mass is 35.5. The number of rotatable bonds is 5. The van der Waals surface area contributed by atoms with Gasteiger partial charge in [-0.1, -0.05) is 17.7 Å². The van der Waals surface area contributed by atoms with Crippen LogP contribution in [0.3, 0.4) is 0 Å². The van der Waals surface area contributed by atoms with Gasteiger partial charge in [-0.3, -0.25) is 4.79 Å². The Bertz CT molecular complexity index is 679. The van der Waals surface area contributed by atoms with Gasteiger partial charge in [0.15, 0.2) is 0 Å². The van der Waals surface area contributed by atoms with Crippen molar-refractivity contribution in [1.29, 1.82) is 0 Å². The number of halogens is 2. The van der Waals surface area contributed by atoms with Crippen LogP contribution in [0.5, 0.6) is 0 Å². The summed E-state index contributed by atoms with van der Waals surface area (Å²) in [4.78, 5) is 23.9. The van der Waals surface area contributed by atoms with Crippen LogP contribution < -0.4 is 16.4 Å². The van der Waals surface area contributed by atoms with Crippen LogP contribution >= 0.6 is 22.9 Å². The minimum Gasteiger partial charge on any atom is -0.352 e. The summed E-state index contributed by atoms with van der Waals surface area (Å²) in [6, 6.07) is 6.23. The number of urea groups is 1. The minimum atomic E-state index is -0.733. The summed E-state index contributed by atoms with van der Waals surface area (Å²) in [5, 5.41) is 7.00. The molecule has 0 aliphatic heterocycles. The highest BCUT2D eigenvalue weighted by Gasteiger charge is 2.19. The van der Waals surface area contributed by atoms with Crippen LogP contribution in [0, 0.1) is 5.82 Å². The molecule has 1 aromatic carbocycles. The molecule has 1 atom stereocenters. The SMILES string of the molecule is NC(=O)NC(CC(=O)Nc1ccc(Cl)cc1F)c1cccs1. The lowest BCUT2D eigenvalue weighted by atomic mass is 10.1. The maximum absolute atomic E-state index is 13.6. The first-order valence-corrected chi connectivity index (χ1v) is 7.55. The Kier molecular flexibility index (Phi) is 5.35. The fourth-order valence-electron chi connectivity index (χ4n) is 1.86. The third kappa shape index (κ3) is 4.44. The van der Waals surface area contributed by atoms with E-state index in [-0.39, 0.29) is 17.1 Å². The molecule has 0 spiro atoms. The molecule has 0 saturated heterocycles. The molecule has 116 valence electrons. The Morgan fingerprint density at radius 3 is 2.73 bits per heavy atom. The first-order valence-electron chi connectivity index (χ1n) is 6.30. The van der Waals surface area contributed by atoms with E-state index in [2.05, 4.69) is 10.6 Å². The van der Waals surface area contributed by atoms with Gasteiger partial charge < -0.3 is 16.4 Å². The molecule has 22 heavy (non-hydrogen) atoms. The second-order valence-electron chi connectivity index (χ2n) is 4.45. The zero-order valence-corrected chi connectivity index (χ0v) is 12.9. The molecule has 0 bridgehead atoms. The summed E-state index contributed by atoms with van der Waals surface area (Å²) in [6.45, 7) is 0. The van der Waals surface area contributed by atoms with Gasteiger partial charge in [0.1, 0.15) is 5.82 Å². The van der Waals surface area contributed by atoms with Crippen molar-refractivity contribution in [2.75, 3.05) is 5.32 Å². The van der Waals surface area contributed by atoms with Crippen LogP contribution in [0.2, 0.25) is 5.02 Å².